The molecule has 0 aliphatic carbocycles. The molecular weight excluding hydrogens is 228 g/mol. The molecule has 1 N–H and O–H groups in total. The number of carbonyl (C=O) groups is 1. The molecule has 0 aromatic carbocycles. The summed E-state index contributed by atoms with van der Waals surface area (Å²) >= 11 is 0. The summed E-state index contributed by atoms with van der Waals surface area (Å²) in [6.07, 6.45) is 2.85. The van der Waals surface area contributed by atoms with Crippen LogP contribution in [0.15, 0.2) is 24.4 Å². The van der Waals surface area contributed by atoms with Gasteiger partial charge in [0.25, 0.3) is 0 Å². The number of pyridine rings is 1. The Kier molecular flexibility index (Phi) is 4.26. The van der Waals surface area contributed by atoms with Gasteiger partial charge in [0.15, 0.2) is 0 Å². The molecule has 2 rings (SSSR count). The number of rotatable bonds is 3. The Bertz CT molecular complexity index is 440. The van der Waals surface area contributed by atoms with Gasteiger partial charge in [-0.3, -0.25) is 9.78 Å². The first-order chi connectivity index (χ1) is 8.81. The summed E-state index contributed by atoms with van der Waals surface area (Å²) in [5.74, 6) is -0.000275. The van der Waals surface area contributed by atoms with Crippen molar-refractivity contribution in [2.45, 2.75) is 25.4 Å². The van der Waals surface area contributed by atoms with Gasteiger partial charge in [-0.15, -0.1) is 0 Å². The molecule has 1 amide bonds. The van der Waals surface area contributed by atoms with Gasteiger partial charge in [-0.2, -0.15) is 5.26 Å². The minimum Gasteiger partial charge on any atom is -0.335 e. The molecule has 2 heterocycles. The largest absolute Gasteiger partial charge is 0.335 e. The average molecular weight is 244 g/mol. The zero-order valence-electron chi connectivity index (χ0n) is 10.2. The van der Waals surface area contributed by atoms with Crippen LogP contribution in [0.3, 0.4) is 0 Å². The smallest absolute Gasteiger partial charge is 0.241 e. The van der Waals surface area contributed by atoms with Gasteiger partial charge in [-0.25, -0.2) is 0 Å². The topological polar surface area (TPSA) is 69.0 Å². The summed E-state index contributed by atoms with van der Waals surface area (Å²) in [7, 11) is 0. The van der Waals surface area contributed by atoms with E-state index in [0.29, 0.717) is 13.1 Å². The number of nitrogens with zero attached hydrogens (tertiary/aromatic N) is 3. The molecule has 0 saturated carbocycles. The van der Waals surface area contributed by atoms with Crippen molar-refractivity contribution in [2.24, 2.45) is 0 Å². The summed E-state index contributed by atoms with van der Waals surface area (Å²) in [6.45, 7) is 2.00. The van der Waals surface area contributed by atoms with E-state index < -0.39 is 0 Å². The van der Waals surface area contributed by atoms with Gasteiger partial charge in [0, 0.05) is 12.7 Å². The number of nitrogens with one attached hydrogen (secondary N) is 1. The lowest BCUT2D eigenvalue weighted by Gasteiger charge is -2.22. The molecular formula is C13H16N4O. The number of amides is 1. The third-order valence-electron chi connectivity index (χ3n) is 2.98. The molecule has 1 fully saturated rings. The number of carbonyl (C=O) groups excluding carboxylic acids is 1. The van der Waals surface area contributed by atoms with Gasteiger partial charge in [0.05, 0.1) is 30.8 Å². The van der Waals surface area contributed by atoms with Gasteiger partial charge in [0.1, 0.15) is 0 Å². The van der Waals surface area contributed by atoms with Crippen LogP contribution < -0.4 is 5.32 Å². The molecule has 94 valence electrons. The number of nitriles is 1. The van der Waals surface area contributed by atoms with Crippen LogP contribution in [0.1, 0.15) is 18.5 Å². The lowest BCUT2D eigenvalue weighted by molar-refractivity contribution is -0.133. The van der Waals surface area contributed by atoms with E-state index >= 15 is 0 Å². The standard InChI is InChI=1S/C13H16N4O/c14-6-5-12-13(18)17(9-3-8-16-12)10-11-4-1-2-7-15-11/h1-2,4,7,12,16H,3,5,8-10H2. The van der Waals surface area contributed by atoms with Crippen LogP contribution in [-0.4, -0.2) is 34.9 Å². The number of hydrogen-bond acceptors (Lipinski definition) is 4. The van der Waals surface area contributed by atoms with E-state index in [0.717, 1.165) is 18.7 Å². The third-order valence-corrected chi connectivity index (χ3v) is 2.98. The lowest BCUT2D eigenvalue weighted by atomic mass is 10.2. The first kappa shape index (κ1) is 12.5. The van der Waals surface area contributed by atoms with Gasteiger partial charge in [-0.05, 0) is 25.1 Å². The van der Waals surface area contributed by atoms with Gasteiger partial charge >= 0.3 is 0 Å². The van der Waals surface area contributed by atoms with Crippen LogP contribution in [0.4, 0.5) is 0 Å². The minimum atomic E-state index is -0.374. The minimum absolute atomic E-state index is 0.000275. The summed E-state index contributed by atoms with van der Waals surface area (Å²) < 4.78 is 0. The zero-order valence-corrected chi connectivity index (χ0v) is 10.2. The van der Waals surface area contributed by atoms with Crippen molar-refractivity contribution in [2.75, 3.05) is 13.1 Å². The molecule has 5 heteroatoms. The Morgan fingerprint density at radius 2 is 2.44 bits per heavy atom. The van der Waals surface area contributed by atoms with Crippen LogP contribution >= 0.6 is 0 Å². The molecule has 1 aromatic rings. The Hall–Kier alpha value is -1.93. The fourth-order valence-corrected chi connectivity index (χ4v) is 2.06. The van der Waals surface area contributed by atoms with Crippen molar-refractivity contribution in [1.82, 2.24) is 15.2 Å². The highest BCUT2D eigenvalue weighted by Crippen LogP contribution is 2.09. The normalized spacial score (nSPS) is 20.3. The molecule has 1 aliphatic rings. The Morgan fingerprint density at radius 3 is 3.17 bits per heavy atom. The zero-order chi connectivity index (χ0) is 12.8. The quantitative estimate of drug-likeness (QED) is 0.849. The summed E-state index contributed by atoms with van der Waals surface area (Å²) in [4.78, 5) is 18.2. The fourth-order valence-electron chi connectivity index (χ4n) is 2.06. The number of hydrogen-bond donors (Lipinski definition) is 1. The maximum absolute atomic E-state index is 12.2. The number of aromatic nitrogens is 1. The Morgan fingerprint density at radius 1 is 1.56 bits per heavy atom. The van der Waals surface area contributed by atoms with Crippen molar-refractivity contribution < 1.29 is 4.79 Å². The molecule has 0 spiro atoms. The van der Waals surface area contributed by atoms with Gasteiger partial charge < -0.3 is 10.2 Å². The van der Waals surface area contributed by atoms with E-state index in [4.69, 9.17) is 5.26 Å². The average Bonchev–Trinajstić information content (AvgIpc) is 2.56. The SMILES string of the molecule is N#CCC1NCCCN(Cc2ccccn2)C1=O. The highest BCUT2D eigenvalue weighted by Gasteiger charge is 2.26. The van der Waals surface area contributed by atoms with E-state index in [2.05, 4.69) is 16.4 Å². The van der Waals surface area contributed by atoms with Crippen molar-refractivity contribution in [3.05, 3.63) is 30.1 Å². The first-order valence-corrected chi connectivity index (χ1v) is 6.10. The maximum Gasteiger partial charge on any atom is 0.241 e. The van der Waals surface area contributed by atoms with Gasteiger partial charge in [-0.1, -0.05) is 6.07 Å². The molecule has 1 saturated heterocycles. The van der Waals surface area contributed by atoms with Crippen LogP contribution in [0, 0.1) is 11.3 Å². The second-order valence-electron chi connectivity index (χ2n) is 4.30. The van der Waals surface area contributed by atoms with E-state index in [1.54, 1.807) is 11.1 Å². The summed E-state index contributed by atoms with van der Waals surface area (Å²) in [5.41, 5.74) is 0.878. The summed E-state index contributed by atoms with van der Waals surface area (Å²) in [5, 5.41) is 11.8. The first-order valence-electron chi connectivity index (χ1n) is 6.10. The predicted octanol–water partition coefficient (Wildman–Crippen LogP) is 0.686. The molecule has 1 unspecified atom stereocenters. The highest BCUT2D eigenvalue weighted by atomic mass is 16.2. The highest BCUT2D eigenvalue weighted by molar-refractivity contribution is 5.82. The lowest BCUT2D eigenvalue weighted by Crippen LogP contribution is -2.43. The molecule has 1 aromatic heterocycles. The molecule has 0 bridgehead atoms. The van der Waals surface area contributed by atoms with E-state index in [-0.39, 0.29) is 18.4 Å². The van der Waals surface area contributed by atoms with Crippen molar-refractivity contribution in [3.8, 4) is 6.07 Å². The molecule has 1 aliphatic heterocycles. The van der Waals surface area contributed by atoms with E-state index in [1.807, 2.05) is 18.2 Å². The predicted molar refractivity (Wildman–Crippen MR) is 66.3 cm³/mol. The van der Waals surface area contributed by atoms with Crippen molar-refractivity contribution in [3.63, 3.8) is 0 Å². The monoisotopic (exact) mass is 244 g/mol. The Labute approximate surface area is 106 Å². The van der Waals surface area contributed by atoms with Crippen molar-refractivity contribution in [1.29, 1.82) is 5.26 Å². The van der Waals surface area contributed by atoms with Crippen LogP contribution in [0.5, 0.6) is 0 Å². The molecule has 1 atom stereocenters. The van der Waals surface area contributed by atoms with Crippen LogP contribution in [0.2, 0.25) is 0 Å². The van der Waals surface area contributed by atoms with Crippen LogP contribution in [0.25, 0.3) is 0 Å². The van der Waals surface area contributed by atoms with Crippen molar-refractivity contribution >= 4 is 5.91 Å². The molecule has 5 nitrogen and oxygen atoms in total. The molecule has 0 radical (unpaired) electrons. The maximum atomic E-state index is 12.2. The fraction of sp³-hybridized carbons (Fsp3) is 0.462. The van der Waals surface area contributed by atoms with E-state index in [1.165, 1.54) is 0 Å². The third kappa shape index (κ3) is 3.05. The molecule has 18 heavy (non-hydrogen) atoms. The van der Waals surface area contributed by atoms with Gasteiger partial charge in [0.2, 0.25) is 5.91 Å². The van der Waals surface area contributed by atoms with E-state index in [9.17, 15) is 4.79 Å². The second kappa shape index (κ2) is 6.12. The second-order valence-corrected chi connectivity index (χ2v) is 4.30. The summed E-state index contributed by atoms with van der Waals surface area (Å²) in [6, 6.07) is 7.36. The van der Waals surface area contributed by atoms with Crippen LogP contribution in [-0.2, 0) is 11.3 Å². The Balaban J connectivity index is 2.06.